The summed E-state index contributed by atoms with van der Waals surface area (Å²) in [5, 5.41) is 1.78. The molecule has 206 valence electrons. The number of fused-ring (bicyclic) bond motifs is 4. The summed E-state index contributed by atoms with van der Waals surface area (Å²) in [6.45, 7) is 1.74. The van der Waals surface area contributed by atoms with Crippen molar-refractivity contribution in [2.24, 2.45) is 0 Å². The molecule has 4 aliphatic rings. The van der Waals surface area contributed by atoms with Crippen molar-refractivity contribution in [2.45, 2.75) is 17.7 Å². The van der Waals surface area contributed by atoms with E-state index in [0.717, 1.165) is 47.9 Å². The maximum Gasteiger partial charge on any atom is 0.295 e. The average molecular weight is 572 g/mol. The molecule has 3 heterocycles. The molecule has 0 saturated carbocycles. The number of hydrogen-bond acceptors (Lipinski definition) is 4. The molecule has 8 rings (SSSR count). The molecule has 0 unspecified atom stereocenters. The largest absolute Gasteiger partial charge is 0.456 e. The number of rotatable bonds is 3. The summed E-state index contributed by atoms with van der Waals surface area (Å²) >= 11 is 0. The number of hydrogen-bond donors (Lipinski definition) is 1. The van der Waals surface area contributed by atoms with Gasteiger partial charge >= 0.3 is 0 Å². The molecule has 0 fully saturated rings. The molecule has 0 spiro atoms. The topological polar surface area (TPSA) is 73.8 Å². The van der Waals surface area contributed by atoms with Crippen molar-refractivity contribution in [3.05, 3.63) is 126 Å². The van der Waals surface area contributed by atoms with Crippen molar-refractivity contribution in [2.75, 3.05) is 18.0 Å². The smallest absolute Gasteiger partial charge is 0.295 e. The molecule has 0 aromatic heterocycles. The van der Waals surface area contributed by atoms with Crippen LogP contribution in [0.5, 0.6) is 0 Å². The van der Waals surface area contributed by atoms with E-state index in [1.807, 2.05) is 24.3 Å². The fourth-order valence-electron chi connectivity index (χ4n) is 6.60. The van der Waals surface area contributed by atoms with E-state index in [9.17, 15) is 13.0 Å². The second kappa shape index (κ2) is 9.41. The summed E-state index contributed by atoms with van der Waals surface area (Å²) in [6, 6.07) is 35.6. The zero-order valence-corrected chi connectivity index (χ0v) is 23.5. The fraction of sp³-hybridized carbons (Fsp3) is 0.114. The lowest BCUT2D eigenvalue weighted by Crippen LogP contribution is -2.23. The van der Waals surface area contributed by atoms with Gasteiger partial charge in [0, 0.05) is 70.2 Å². The van der Waals surface area contributed by atoms with Gasteiger partial charge in [-0.3, -0.25) is 4.55 Å². The van der Waals surface area contributed by atoms with Gasteiger partial charge in [-0.2, -0.15) is 13.0 Å². The van der Waals surface area contributed by atoms with E-state index in [1.54, 1.807) is 18.2 Å². The van der Waals surface area contributed by atoms with Crippen LogP contribution in [0.3, 0.4) is 0 Å². The zero-order chi connectivity index (χ0) is 28.4. The Labute approximate surface area is 243 Å². The van der Waals surface area contributed by atoms with Crippen LogP contribution in [0, 0.1) is 0 Å². The average Bonchev–Trinajstić information content (AvgIpc) is 3.64. The second-order valence-electron chi connectivity index (χ2n) is 10.9. The minimum atomic E-state index is -4.48. The monoisotopic (exact) mass is 571 g/mol. The van der Waals surface area contributed by atoms with Gasteiger partial charge in [0.2, 0.25) is 11.0 Å². The lowest BCUT2D eigenvalue weighted by Gasteiger charge is -2.21. The third-order valence-electron chi connectivity index (χ3n) is 8.52. The van der Waals surface area contributed by atoms with Crippen molar-refractivity contribution in [3.8, 4) is 22.5 Å². The van der Waals surface area contributed by atoms with Gasteiger partial charge in [-0.25, -0.2) is 0 Å². The molecule has 7 heteroatoms. The Morgan fingerprint density at radius 3 is 2.43 bits per heavy atom. The molecule has 1 N–H and O–H groups in total. The predicted octanol–water partition coefficient (Wildman–Crippen LogP) is 6.81. The Morgan fingerprint density at radius 1 is 0.762 bits per heavy atom. The van der Waals surface area contributed by atoms with Crippen molar-refractivity contribution in [3.63, 3.8) is 0 Å². The Balaban J connectivity index is 1.42. The molecule has 0 bridgehead atoms. The Hall–Kier alpha value is -4.72. The van der Waals surface area contributed by atoms with E-state index in [1.165, 1.54) is 28.6 Å². The molecule has 0 atom stereocenters. The molecule has 0 saturated heterocycles. The summed E-state index contributed by atoms with van der Waals surface area (Å²) in [6.07, 6.45) is 1.94. The third-order valence-corrected chi connectivity index (χ3v) is 9.43. The van der Waals surface area contributed by atoms with Crippen molar-refractivity contribution >= 4 is 38.1 Å². The van der Waals surface area contributed by atoms with Gasteiger partial charge in [-0.05, 0) is 42.3 Å². The zero-order valence-electron chi connectivity index (χ0n) is 22.7. The van der Waals surface area contributed by atoms with Gasteiger partial charge in [-0.1, -0.05) is 54.6 Å². The Morgan fingerprint density at radius 2 is 1.55 bits per heavy atom. The summed E-state index contributed by atoms with van der Waals surface area (Å²) in [7, 11) is -4.48. The van der Waals surface area contributed by atoms with E-state index in [4.69, 9.17) is 4.42 Å². The van der Waals surface area contributed by atoms with Crippen molar-refractivity contribution in [1.82, 2.24) is 4.58 Å². The summed E-state index contributed by atoms with van der Waals surface area (Å²) in [5.41, 5.74) is 8.56. The molecule has 3 aliphatic heterocycles. The predicted molar refractivity (Wildman–Crippen MR) is 165 cm³/mol. The normalized spacial score (nSPS) is 15.8. The highest BCUT2D eigenvalue weighted by Gasteiger charge is 2.27. The summed E-state index contributed by atoms with van der Waals surface area (Å²) < 4.78 is 44.1. The van der Waals surface area contributed by atoms with E-state index in [2.05, 4.69) is 70.1 Å². The Bertz CT molecular complexity index is 2200. The van der Waals surface area contributed by atoms with Crippen LogP contribution in [0.15, 0.2) is 119 Å². The minimum Gasteiger partial charge on any atom is -0.456 e. The van der Waals surface area contributed by atoms with Crippen LogP contribution in [0.25, 0.3) is 33.4 Å². The molecule has 0 radical (unpaired) electrons. The van der Waals surface area contributed by atoms with Crippen LogP contribution in [0.4, 0.5) is 17.1 Å². The molecule has 42 heavy (non-hydrogen) atoms. The number of anilines is 2. The van der Waals surface area contributed by atoms with Gasteiger partial charge < -0.3 is 9.32 Å². The quantitative estimate of drug-likeness (QED) is 0.144. The molecule has 0 amide bonds. The van der Waals surface area contributed by atoms with E-state index < -0.39 is 10.1 Å². The molecule has 4 aromatic rings. The highest BCUT2D eigenvalue weighted by Crippen LogP contribution is 2.44. The number of benzene rings is 5. The third kappa shape index (κ3) is 3.96. The first kappa shape index (κ1) is 25.0. The maximum absolute atomic E-state index is 12.5. The van der Waals surface area contributed by atoms with Gasteiger partial charge in [0.1, 0.15) is 16.2 Å². The number of para-hydroxylation sites is 2. The molecule has 4 aromatic carbocycles. The number of nitrogens with zero attached hydrogens (tertiary/aromatic N) is 2. The maximum atomic E-state index is 12.5. The van der Waals surface area contributed by atoms with Gasteiger partial charge in [0.05, 0.1) is 6.07 Å². The molecule has 6 nitrogen and oxygen atoms in total. The van der Waals surface area contributed by atoms with E-state index in [-0.39, 0.29) is 4.90 Å². The van der Waals surface area contributed by atoms with Crippen molar-refractivity contribution < 1.29 is 17.4 Å². The first-order chi connectivity index (χ1) is 20.5. The minimum absolute atomic E-state index is 0.131. The first-order valence-corrected chi connectivity index (χ1v) is 15.5. The lowest BCUT2D eigenvalue weighted by atomic mass is 9.93. The van der Waals surface area contributed by atoms with Crippen LogP contribution in [0.2, 0.25) is 0 Å². The molecular formula is C35H27N2O4S+. The van der Waals surface area contributed by atoms with Gasteiger partial charge in [0.15, 0.2) is 6.54 Å². The highest BCUT2D eigenvalue weighted by atomic mass is 32.2. The summed E-state index contributed by atoms with van der Waals surface area (Å²) in [5.74, 6) is 0.642. The van der Waals surface area contributed by atoms with E-state index >= 15 is 0 Å². The summed E-state index contributed by atoms with van der Waals surface area (Å²) in [4.78, 5) is 2.16. The fourth-order valence-corrected chi connectivity index (χ4v) is 7.30. The lowest BCUT2D eigenvalue weighted by molar-refractivity contribution is 0.483. The molecule has 1 aliphatic carbocycles. The van der Waals surface area contributed by atoms with Gasteiger partial charge in [0.25, 0.3) is 10.1 Å². The second-order valence-corrected chi connectivity index (χ2v) is 12.3. The van der Waals surface area contributed by atoms with Crippen molar-refractivity contribution in [1.29, 1.82) is 0 Å². The Kier molecular flexibility index (Phi) is 5.61. The van der Waals surface area contributed by atoms with Crippen LogP contribution in [0.1, 0.15) is 11.1 Å². The van der Waals surface area contributed by atoms with Crippen LogP contribution in [-0.2, 0) is 23.0 Å². The van der Waals surface area contributed by atoms with Crippen LogP contribution >= 0.6 is 0 Å². The van der Waals surface area contributed by atoms with Gasteiger partial charge in [-0.15, -0.1) is 0 Å². The van der Waals surface area contributed by atoms with E-state index in [0.29, 0.717) is 22.5 Å². The van der Waals surface area contributed by atoms with Crippen LogP contribution in [-0.4, -0.2) is 26.1 Å². The first-order valence-electron chi connectivity index (χ1n) is 14.1. The standard InChI is InChI=1S/C35H26N2O4S/c38-42(39,40)34-12-6-3-9-29(34)35-27-15-13-25(36-19-17-23-7-1-4-10-30(23)36)21-32(27)41-33-22-26(14-16-28(33)35)37-20-18-24-8-2-5-11-31(24)37/h1-16,21-22H,17-20H2/p+1. The SMILES string of the molecule is O=S(=O)(O)c1ccccc1-c1c2ccc(=[N+]3CCc4ccccc43)cc-2oc2cc(N3CCc4ccccc43)ccc12. The van der Waals surface area contributed by atoms with Crippen LogP contribution < -0.4 is 14.8 Å². The molecular weight excluding hydrogens is 544 g/mol. The highest BCUT2D eigenvalue weighted by molar-refractivity contribution is 7.86.